The summed E-state index contributed by atoms with van der Waals surface area (Å²) in [6.45, 7) is 3.43. The van der Waals surface area contributed by atoms with Gasteiger partial charge in [0.1, 0.15) is 18.1 Å². The smallest absolute Gasteiger partial charge is 0.223 e. The molecule has 8 nitrogen and oxygen atoms in total. The van der Waals surface area contributed by atoms with Crippen LogP contribution in [0, 0.1) is 12.7 Å². The molecule has 1 amide bonds. The van der Waals surface area contributed by atoms with E-state index in [1.54, 1.807) is 39.8 Å². The molecule has 0 aliphatic carbocycles. The summed E-state index contributed by atoms with van der Waals surface area (Å²) in [6.07, 6.45) is 6.02. The second-order valence-corrected chi connectivity index (χ2v) is 6.79. The number of carbonyl (C=O) groups excluding carboxylic acids is 1. The second kappa shape index (κ2) is 7.26. The molecule has 0 atom stereocenters. The van der Waals surface area contributed by atoms with Gasteiger partial charge in [-0.2, -0.15) is 15.0 Å². The Kier molecular flexibility index (Phi) is 4.66. The molecule has 1 aliphatic rings. The molecule has 0 N–H and O–H groups in total. The Morgan fingerprint density at radius 2 is 2.04 bits per heavy atom. The zero-order valence-electron chi connectivity index (χ0n) is 15.0. The van der Waals surface area contributed by atoms with E-state index in [1.165, 1.54) is 6.07 Å². The van der Waals surface area contributed by atoms with Crippen LogP contribution in [0.2, 0.25) is 0 Å². The maximum atomic E-state index is 13.6. The molecule has 140 valence electrons. The van der Waals surface area contributed by atoms with Crippen LogP contribution >= 0.6 is 0 Å². The van der Waals surface area contributed by atoms with E-state index in [9.17, 15) is 9.18 Å². The highest BCUT2D eigenvalue weighted by Gasteiger charge is 2.32. The largest absolute Gasteiger partial charge is 0.338 e. The van der Waals surface area contributed by atoms with Crippen LogP contribution in [0.4, 0.5) is 4.39 Å². The minimum atomic E-state index is -0.226. The van der Waals surface area contributed by atoms with Gasteiger partial charge in [0.25, 0.3) is 0 Å². The van der Waals surface area contributed by atoms with Crippen molar-refractivity contribution in [3.05, 3.63) is 59.4 Å². The molecule has 0 saturated carbocycles. The predicted octanol–water partition coefficient (Wildman–Crippen LogP) is 1.38. The average molecular weight is 369 g/mol. The number of benzene rings is 1. The highest BCUT2D eigenvalue weighted by Crippen LogP contribution is 2.22. The van der Waals surface area contributed by atoms with Crippen molar-refractivity contribution in [2.75, 3.05) is 13.1 Å². The van der Waals surface area contributed by atoms with Gasteiger partial charge in [0.05, 0.1) is 24.6 Å². The van der Waals surface area contributed by atoms with Crippen LogP contribution in [0.25, 0.3) is 0 Å². The summed E-state index contributed by atoms with van der Waals surface area (Å²) in [5.41, 5.74) is 2.24. The van der Waals surface area contributed by atoms with E-state index >= 15 is 0 Å². The third-order valence-electron chi connectivity index (χ3n) is 4.78. The Bertz CT molecular complexity index is 931. The molecule has 1 aliphatic heterocycles. The van der Waals surface area contributed by atoms with Crippen LogP contribution in [-0.2, 0) is 17.8 Å². The molecule has 1 fully saturated rings. The Balaban J connectivity index is 1.26. The van der Waals surface area contributed by atoms with Crippen LogP contribution in [0.1, 0.15) is 29.3 Å². The molecule has 0 unspecified atom stereocenters. The van der Waals surface area contributed by atoms with E-state index < -0.39 is 0 Å². The molecule has 9 heteroatoms. The van der Waals surface area contributed by atoms with Crippen molar-refractivity contribution in [1.82, 2.24) is 34.9 Å². The lowest BCUT2D eigenvalue weighted by Gasteiger charge is -2.39. The number of amides is 1. The fourth-order valence-corrected chi connectivity index (χ4v) is 3.06. The lowest BCUT2D eigenvalue weighted by molar-refractivity contribution is -0.137. The van der Waals surface area contributed by atoms with Gasteiger partial charge in [-0.1, -0.05) is 17.3 Å². The highest BCUT2D eigenvalue weighted by molar-refractivity contribution is 5.77. The first kappa shape index (κ1) is 17.3. The Hall–Kier alpha value is -3.10. The number of hydrogen-bond acceptors (Lipinski definition) is 5. The number of rotatable bonds is 6. The number of carbonyl (C=O) groups is 1. The fraction of sp³-hybridized carbons (Fsp3) is 0.389. The first-order valence-corrected chi connectivity index (χ1v) is 8.86. The van der Waals surface area contributed by atoms with Crippen molar-refractivity contribution in [2.24, 2.45) is 0 Å². The zero-order valence-corrected chi connectivity index (χ0v) is 15.0. The predicted molar refractivity (Wildman–Crippen MR) is 94.2 cm³/mol. The summed E-state index contributed by atoms with van der Waals surface area (Å²) in [4.78, 5) is 15.6. The van der Waals surface area contributed by atoms with Gasteiger partial charge in [-0.15, -0.1) is 5.10 Å². The maximum absolute atomic E-state index is 13.6. The second-order valence-electron chi connectivity index (χ2n) is 6.79. The summed E-state index contributed by atoms with van der Waals surface area (Å²) < 4.78 is 15.4. The number of nitrogens with zero attached hydrogens (tertiary/aromatic N) is 7. The summed E-state index contributed by atoms with van der Waals surface area (Å²) in [5, 5.41) is 16.4. The number of aromatic nitrogens is 6. The van der Waals surface area contributed by atoms with Gasteiger partial charge in [-0.05, 0) is 30.5 Å². The maximum Gasteiger partial charge on any atom is 0.223 e. The van der Waals surface area contributed by atoms with E-state index in [2.05, 4.69) is 20.5 Å². The normalized spacial score (nSPS) is 14.4. The SMILES string of the molecule is Cc1ccc(CCC(=O)N2CC(n3cc(Cn4nccn4)nn3)C2)cc1F. The van der Waals surface area contributed by atoms with Gasteiger partial charge in [0, 0.05) is 19.5 Å². The van der Waals surface area contributed by atoms with Crippen LogP contribution in [0.15, 0.2) is 36.8 Å². The minimum absolute atomic E-state index is 0.0771. The summed E-state index contributed by atoms with van der Waals surface area (Å²) in [7, 11) is 0. The van der Waals surface area contributed by atoms with Crippen molar-refractivity contribution in [3.63, 3.8) is 0 Å². The Morgan fingerprint density at radius 1 is 1.26 bits per heavy atom. The molecule has 1 saturated heterocycles. The molecule has 3 aromatic rings. The fourth-order valence-electron chi connectivity index (χ4n) is 3.06. The lowest BCUT2D eigenvalue weighted by Crippen LogP contribution is -2.51. The van der Waals surface area contributed by atoms with Crippen LogP contribution in [0.3, 0.4) is 0 Å². The summed E-state index contributed by atoms with van der Waals surface area (Å²) in [5.74, 6) is -0.149. The standard InChI is InChI=1S/C18H20FN7O/c1-13-2-3-14(8-17(13)19)4-5-18(27)24-11-16(12-24)25-9-15(22-23-25)10-26-20-6-7-21-26/h2-3,6-9,16H,4-5,10-12H2,1H3. The van der Waals surface area contributed by atoms with Crippen molar-refractivity contribution < 1.29 is 9.18 Å². The van der Waals surface area contributed by atoms with Gasteiger partial charge in [0.2, 0.25) is 5.91 Å². The van der Waals surface area contributed by atoms with Gasteiger partial charge >= 0.3 is 0 Å². The lowest BCUT2D eigenvalue weighted by atomic mass is 10.0. The van der Waals surface area contributed by atoms with Gasteiger partial charge in [-0.3, -0.25) is 4.79 Å². The minimum Gasteiger partial charge on any atom is -0.338 e. The van der Waals surface area contributed by atoms with Gasteiger partial charge in [0.15, 0.2) is 0 Å². The number of hydrogen-bond donors (Lipinski definition) is 0. The Morgan fingerprint density at radius 3 is 2.78 bits per heavy atom. The summed E-state index contributed by atoms with van der Waals surface area (Å²) in [6, 6.07) is 5.26. The van der Waals surface area contributed by atoms with Crippen molar-refractivity contribution in [3.8, 4) is 0 Å². The van der Waals surface area contributed by atoms with Crippen LogP contribution in [-0.4, -0.2) is 53.9 Å². The number of likely N-dealkylation sites (tertiary alicyclic amines) is 1. The average Bonchev–Trinajstić information content (AvgIpc) is 3.27. The molecule has 0 bridgehead atoms. The molecule has 3 heterocycles. The monoisotopic (exact) mass is 369 g/mol. The van der Waals surface area contributed by atoms with Gasteiger partial charge in [-0.25, -0.2) is 9.07 Å². The molecule has 2 aromatic heterocycles. The summed E-state index contributed by atoms with van der Waals surface area (Å²) >= 11 is 0. The van der Waals surface area contributed by atoms with E-state index in [-0.39, 0.29) is 17.8 Å². The third-order valence-corrected chi connectivity index (χ3v) is 4.78. The molecule has 1 aromatic carbocycles. The molecule has 0 radical (unpaired) electrons. The molecule has 4 rings (SSSR count). The number of halogens is 1. The third kappa shape index (κ3) is 3.86. The van der Waals surface area contributed by atoms with E-state index in [4.69, 9.17) is 0 Å². The highest BCUT2D eigenvalue weighted by atomic mass is 19.1. The quantitative estimate of drug-likeness (QED) is 0.656. The first-order valence-electron chi connectivity index (χ1n) is 8.86. The van der Waals surface area contributed by atoms with Crippen LogP contribution in [0.5, 0.6) is 0 Å². The van der Waals surface area contributed by atoms with Crippen molar-refractivity contribution >= 4 is 5.91 Å². The Labute approximate surface area is 155 Å². The van der Waals surface area contributed by atoms with E-state index in [1.807, 2.05) is 12.3 Å². The first-order chi connectivity index (χ1) is 13.1. The topological polar surface area (TPSA) is 81.7 Å². The zero-order chi connectivity index (χ0) is 18.8. The number of aryl methyl sites for hydroxylation is 2. The van der Waals surface area contributed by atoms with Crippen LogP contribution < -0.4 is 0 Å². The van der Waals surface area contributed by atoms with Crippen molar-refractivity contribution in [1.29, 1.82) is 0 Å². The molecule has 0 spiro atoms. The van der Waals surface area contributed by atoms with Gasteiger partial charge < -0.3 is 4.90 Å². The molecule has 27 heavy (non-hydrogen) atoms. The van der Waals surface area contributed by atoms with E-state index in [0.717, 1.165) is 11.3 Å². The molecular weight excluding hydrogens is 349 g/mol. The molecular formula is C18H20FN7O. The van der Waals surface area contributed by atoms with E-state index in [0.29, 0.717) is 38.0 Å². The van der Waals surface area contributed by atoms with Crippen molar-refractivity contribution in [2.45, 2.75) is 32.4 Å².